The van der Waals surface area contributed by atoms with Crippen molar-refractivity contribution in [3.8, 4) is 0 Å². The molecule has 0 unspecified atom stereocenters. The van der Waals surface area contributed by atoms with E-state index in [1.54, 1.807) is 17.5 Å². The quantitative estimate of drug-likeness (QED) is 0.191. The van der Waals surface area contributed by atoms with Crippen LogP contribution in [0.4, 0.5) is 5.82 Å². The molecule has 0 aromatic carbocycles. The van der Waals surface area contributed by atoms with Crippen molar-refractivity contribution in [2.75, 3.05) is 12.3 Å². The first-order chi connectivity index (χ1) is 12.6. The summed E-state index contributed by atoms with van der Waals surface area (Å²) in [5, 5.41) is 8.98. The van der Waals surface area contributed by atoms with Gasteiger partial charge in [0, 0.05) is 26.1 Å². The minimum atomic E-state index is -4.64. The zero-order valence-electron chi connectivity index (χ0n) is 15.4. The highest BCUT2D eigenvalue weighted by molar-refractivity contribution is 7.45. The summed E-state index contributed by atoms with van der Waals surface area (Å²) < 4.78 is 19.9. The number of nitrogens with zero attached hydrogens (tertiary/aromatic N) is 3. The number of anilines is 1. The van der Waals surface area contributed by atoms with Gasteiger partial charge in [0.1, 0.15) is 11.6 Å². The van der Waals surface area contributed by atoms with Crippen LogP contribution in [0.2, 0.25) is 0 Å². The third-order valence-electron chi connectivity index (χ3n) is 2.85. The molecule has 2 rings (SSSR count). The average molecular weight is 498 g/mol. The number of hydrogen-bond acceptors (Lipinski definition) is 7. The Kier molecular flexibility index (Phi) is 13.9. The molecule has 0 aliphatic carbocycles. The van der Waals surface area contributed by atoms with Gasteiger partial charge in [-0.1, -0.05) is 11.3 Å². The van der Waals surface area contributed by atoms with Crippen molar-refractivity contribution in [3.63, 3.8) is 0 Å². The van der Waals surface area contributed by atoms with Crippen LogP contribution < -0.4 is 10.3 Å². The van der Waals surface area contributed by atoms with E-state index in [2.05, 4.69) is 14.5 Å². The van der Waals surface area contributed by atoms with Gasteiger partial charge in [0.2, 0.25) is 5.51 Å². The summed E-state index contributed by atoms with van der Waals surface area (Å²) >= 11 is 1.65. The highest BCUT2D eigenvalue weighted by Crippen LogP contribution is 2.26. The Morgan fingerprint density at radius 1 is 1.10 bits per heavy atom. The van der Waals surface area contributed by atoms with Crippen molar-refractivity contribution in [1.82, 2.24) is 9.97 Å². The number of aryl methyl sites for hydroxylation is 1. The number of aliphatic hydroxyl groups excluding tert-OH is 1. The van der Waals surface area contributed by atoms with Crippen LogP contribution in [0.15, 0.2) is 11.7 Å². The molecule has 2 aromatic rings. The molecule has 2 heterocycles. The minimum Gasteiger partial charge on any atom is -0.396 e. The fourth-order valence-electron chi connectivity index (χ4n) is 1.77. The summed E-state index contributed by atoms with van der Waals surface area (Å²) in [4.78, 5) is 52.7. The molecule has 0 aliphatic heterocycles. The summed E-state index contributed by atoms with van der Waals surface area (Å²) in [6, 6.07) is 0. The zero-order chi connectivity index (χ0) is 22.1. The van der Waals surface area contributed by atoms with Gasteiger partial charge in [-0.25, -0.2) is 19.1 Å². The van der Waals surface area contributed by atoms with Crippen LogP contribution in [0.5, 0.6) is 0 Å². The van der Waals surface area contributed by atoms with Crippen molar-refractivity contribution in [2.45, 2.75) is 26.8 Å². The third-order valence-corrected chi connectivity index (χ3v) is 4.00. The Labute approximate surface area is 176 Å². The molecule has 29 heavy (non-hydrogen) atoms. The average Bonchev–Trinajstić information content (AvgIpc) is 2.80. The van der Waals surface area contributed by atoms with Crippen LogP contribution in [0, 0.1) is 13.8 Å². The van der Waals surface area contributed by atoms with Crippen molar-refractivity contribution < 1.29 is 48.2 Å². The first-order valence-corrected chi connectivity index (χ1v) is 11.3. The highest BCUT2D eigenvalue weighted by Gasteiger charge is 2.17. The summed E-state index contributed by atoms with van der Waals surface area (Å²) in [7, 11) is -9.28. The maximum Gasteiger partial charge on any atom is 0.466 e. The lowest BCUT2D eigenvalue weighted by Crippen LogP contribution is -2.35. The van der Waals surface area contributed by atoms with Crippen LogP contribution in [0.3, 0.4) is 0 Å². The molecule has 0 spiro atoms. The number of nitrogens with two attached hydrogens (primary N) is 1. The third kappa shape index (κ3) is 16.5. The largest absolute Gasteiger partial charge is 0.466 e. The van der Waals surface area contributed by atoms with E-state index in [4.69, 9.17) is 49.3 Å². The Hall–Kier alpha value is -1.02. The van der Waals surface area contributed by atoms with E-state index < -0.39 is 15.6 Å². The van der Waals surface area contributed by atoms with Crippen LogP contribution >= 0.6 is 39.4 Å². The second-order valence-electron chi connectivity index (χ2n) is 5.19. The van der Waals surface area contributed by atoms with E-state index in [9.17, 15) is 0 Å². The van der Waals surface area contributed by atoms with Crippen LogP contribution in [-0.4, -0.2) is 51.0 Å². The predicted octanol–water partition coefficient (Wildman–Crippen LogP) is -0.828. The molecule has 0 amide bonds. The standard InChI is InChI=1S/C12H17N4OS.ClH.2H3O4P/c1-8-11(3-4-17)18-7-16(8)6-10-5-14-9(2)15-12(10)13;;2*1-5(2,3)4/h5,7,17H,3-4,6H2,1-2H3,(H2,13,14,15);1H;2*(H3,1,2,3,4)/q+1;;;. The zero-order valence-corrected chi connectivity index (χ0v) is 18.8. The smallest absolute Gasteiger partial charge is 0.396 e. The van der Waals surface area contributed by atoms with Gasteiger partial charge >= 0.3 is 15.6 Å². The van der Waals surface area contributed by atoms with E-state index in [0.29, 0.717) is 24.6 Å². The van der Waals surface area contributed by atoms with E-state index in [1.807, 2.05) is 19.4 Å². The molecular formula is C12H24ClN4O9P2S+. The van der Waals surface area contributed by atoms with Crippen molar-refractivity contribution >= 4 is 45.2 Å². The monoisotopic (exact) mass is 497 g/mol. The van der Waals surface area contributed by atoms with E-state index in [0.717, 1.165) is 11.3 Å². The number of rotatable bonds is 4. The first-order valence-electron chi connectivity index (χ1n) is 7.33. The van der Waals surface area contributed by atoms with E-state index in [1.165, 1.54) is 4.88 Å². The van der Waals surface area contributed by atoms with E-state index in [-0.39, 0.29) is 19.0 Å². The summed E-state index contributed by atoms with van der Waals surface area (Å²) in [5.41, 5.74) is 10.0. The molecule has 0 saturated carbocycles. The number of halogens is 1. The SMILES string of the molecule is Cc1ncc(C[n+]2csc(CCO)c2C)c(N)n1.Cl.O=P(O)(O)O.O=P(O)(O)O. The van der Waals surface area contributed by atoms with Crippen LogP contribution in [-0.2, 0) is 22.1 Å². The fraction of sp³-hybridized carbons (Fsp3) is 0.417. The van der Waals surface area contributed by atoms with Gasteiger partial charge in [0.05, 0.1) is 10.4 Å². The molecule has 0 bridgehead atoms. The lowest BCUT2D eigenvalue weighted by Gasteiger charge is -2.01. The summed E-state index contributed by atoms with van der Waals surface area (Å²) in [5.74, 6) is 1.22. The molecule has 0 atom stereocenters. The van der Waals surface area contributed by atoms with Gasteiger partial charge in [-0.3, -0.25) is 0 Å². The van der Waals surface area contributed by atoms with Gasteiger partial charge in [-0.15, -0.1) is 12.4 Å². The Balaban J connectivity index is 0. The topological polar surface area (TPSA) is 231 Å². The lowest BCUT2D eigenvalue weighted by molar-refractivity contribution is -0.689. The van der Waals surface area contributed by atoms with Crippen molar-refractivity contribution in [3.05, 3.63) is 33.7 Å². The molecular weight excluding hydrogens is 474 g/mol. The molecule has 0 aliphatic rings. The minimum absolute atomic E-state index is 0. The molecule has 0 fully saturated rings. The van der Waals surface area contributed by atoms with Crippen LogP contribution in [0.25, 0.3) is 0 Å². The number of hydrogen-bond donors (Lipinski definition) is 8. The summed E-state index contributed by atoms with van der Waals surface area (Å²) in [6.07, 6.45) is 2.47. The second-order valence-corrected chi connectivity index (χ2v) is 8.18. The molecule has 168 valence electrons. The van der Waals surface area contributed by atoms with Gasteiger partial charge in [0.15, 0.2) is 12.2 Å². The normalized spacial score (nSPS) is 10.8. The van der Waals surface area contributed by atoms with Crippen molar-refractivity contribution in [2.24, 2.45) is 0 Å². The number of phosphoric acid groups is 2. The number of aliphatic hydroxyl groups is 1. The van der Waals surface area contributed by atoms with Gasteiger partial charge in [-0.2, -0.15) is 4.57 Å². The molecule has 0 saturated heterocycles. The highest BCUT2D eigenvalue weighted by atomic mass is 35.5. The Morgan fingerprint density at radius 3 is 2.00 bits per heavy atom. The second kappa shape index (κ2) is 13.3. The Morgan fingerprint density at radius 2 is 1.59 bits per heavy atom. The molecule has 2 aromatic heterocycles. The van der Waals surface area contributed by atoms with Gasteiger partial charge < -0.3 is 40.2 Å². The maximum absolute atomic E-state index is 8.98. The molecule has 0 radical (unpaired) electrons. The number of thiazole rings is 1. The van der Waals surface area contributed by atoms with Gasteiger partial charge in [0.25, 0.3) is 0 Å². The van der Waals surface area contributed by atoms with Crippen molar-refractivity contribution in [1.29, 1.82) is 0 Å². The molecule has 13 nitrogen and oxygen atoms in total. The Bertz CT molecular complexity index is 821. The summed E-state index contributed by atoms with van der Waals surface area (Å²) in [6.45, 7) is 4.71. The lowest BCUT2D eigenvalue weighted by atomic mass is 10.2. The van der Waals surface area contributed by atoms with Gasteiger partial charge in [-0.05, 0) is 6.92 Å². The molecule has 17 heteroatoms. The van der Waals surface area contributed by atoms with Crippen LogP contribution in [0.1, 0.15) is 22.0 Å². The number of nitrogen functional groups attached to an aromatic ring is 1. The fourth-order valence-corrected chi connectivity index (χ4v) is 2.75. The maximum atomic E-state index is 8.98. The molecule has 9 N–H and O–H groups in total. The first kappa shape index (κ1) is 30.2. The van der Waals surface area contributed by atoms with E-state index >= 15 is 0 Å². The number of aromatic nitrogens is 3. The predicted molar refractivity (Wildman–Crippen MR) is 106 cm³/mol.